The topological polar surface area (TPSA) is 15.7 Å². The van der Waals surface area contributed by atoms with Crippen molar-refractivity contribution in [2.45, 2.75) is 33.1 Å². The van der Waals surface area contributed by atoms with Crippen LogP contribution >= 0.6 is 0 Å². The van der Waals surface area contributed by atoms with Gasteiger partial charge >= 0.3 is 0 Å². The zero-order chi connectivity index (χ0) is 20.9. The quantitative estimate of drug-likeness (QED) is 0.513. The minimum atomic E-state index is -0.187. The van der Waals surface area contributed by atoms with Gasteiger partial charge in [-0.15, -0.1) is 0 Å². The number of hydrogen-bond acceptors (Lipinski definition) is 3. The maximum Gasteiger partial charge on any atom is 0.123 e. The maximum atomic E-state index is 13.3. The zero-order valence-corrected chi connectivity index (χ0v) is 17.7. The van der Waals surface area contributed by atoms with Crippen LogP contribution in [0.5, 0.6) is 5.75 Å². The van der Waals surface area contributed by atoms with E-state index in [0.29, 0.717) is 6.61 Å². The largest absolute Gasteiger partial charge is 0.494 e. The molecule has 156 valence electrons. The molecule has 3 aromatic rings. The highest BCUT2D eigenvalue weighted by Gasteiger charge is 2.33. The minimum absolute atomic E-state index is 0.187. The highest BCUT2D eigenvalue weighted by Crippen LogP contribution is 2.33. The van der Waals surface area contributed by atoms with E-state index >= 15 is 0 Å². The Morgan fingerprint density at radius 1 is 0.867 bits per heavy atom. The highest BCUT2D eigenvalue weighted by molar-refractivity contribution is 5.29. The lowest BCUT2D eigenvalue weighted by Gasteiger charge is -2.31. The summed E-state index contributed by atoms with van der Waals surface area (Å²) in [6.07, 6.45) is 0.196. The lowest BCUT2D eigenvalue weighted by atomic mass is 10.1. The first kappa shape index (κ1) is 20.6. The van der Waals surface area contributed by atoms with Crippen LogP contribution < -0.4 is 4.74 Å². The van der Waals surface area contributed by atoms with Crippen LogP contribution in [-0.4, -0.2) is 29.5 Å². The summed E-state index contributed by atoms with van der Waals surface area (Å²) >= 11 is 0. The van der Waals surface area contributed by atoms with Gasteiger partial charge in [-0.3, -0.25) is 9.80 Å². The average Bonchev–Trinajstić information content (AvgIpc) is 3.13. The molecule has 1 heterocycles. The van der Waals surface area contributed by atoms with Crippen molar-refractivity contribution in [2.24, 2.45) is 0 Å². The molecular formula is C26H29FN2O. The van der Waals surface area contributed by atoms with Gasteiger partial charge in [-0.25, -0.2) is 4.39 Å². The second kappa shape index (κ2) is 9.41. The van der Waals surface area contributed by atoms with Crippen molar-refractivity contribution in [1.29, 1.82) is 0 Å². The third-order valence-corrected chi connectivity index (χ3v) is 5.63. The van der Waals surface area contributed by atoms with Crippen molar-refractivity contribution >= 4 is 0 Å². The predicted molar refractivity (Wildman–Crippen MR) is 119 cm³/mol. The molecular weight excluding hydrogens is 375 g/mol. The first-order chi connectivity index (χ1) is 14.6. The summed E-state index contributed by atoms with van der Waals surface area (Å²) < 4.78 is 18.9. The SMILES string of the molecule is CCOc1ccc(CN2CCN(Cc3ccc(F)cc3)[C@H]2c2cccc(C)c2)cc1. The van der Waals surface area contributed by atoms with Gasteiger partial charge < -0.3 is 4.74 Å². The Morgan fingerprint density at radius 3 is 2.03 bits per heavy atom. The summed E-state index contributed by atoms with van der Waals surface area (Å²) in [5, 5.41) is 0. The standard InChI is InChI=1S/C26H29FN2O/c1-3-30-25-13-9-22(10-14-25)19-29-16-15-28(18-21-7-11-24(27)12-8-21)26(29)23-6-4-5-20(2)17-23/h4-14,17,26H,3,15-16,18-19H2,1-2H3/t26-/m1/s1. The second-order valence-electron chi connectivity index (χ2n) is 7.93. The number of benzene rings is 3. The Morgan fingerprint density at radius 2 is 1.47 bits per heavy atom. The summed E-state index contributed by atoms with van der Waals surface area (Å²) in [7, 11) is 0. The molecule has 1 fully saturated rings. The zero-order valence-electron chi connectivity index (χ0n) is 17.7. The molecule has 0 amide bonds. The van der Waals surface area contributed by atoms with E-state index in [4.69, 9.17) is 4.74 Å². The van der Waals surface area contributed by atoms with E-state index in [9.17, 15) is 4.39 Å². The lowest BCUT2D eigenvalue weighted by molar-refractivity contribution is 0.125. The molecule has 3 nitrogen and oxygen atoms in total. The molecule has 0 unspecified atom stereocenters. The van der Waals surface area contributed by atoms with Crippen LogP contribution in [0.3, 0.4) is 0 Å². The molecule has 4 heteroatoms. The molecule has 1 aliphatic rings. The average molecular weight is 405 g/mol. The monoisotopic (exact) mass is 404 g/mol. The molecule has 0 N–H and O–H groups in total. The van der Waals surface area contributed by atoms with Gasteiger partial charge in [0.1, 0.15) is 11.6 Å². The molecule has 0 radical (unpaired) electrons. The van der Waals surface area contributed by atoms with Crippen LogP contribution in [0.1, 0.15) is 35.3 Å². The van der Waals surface area contributed by atoms with Crippen LogP contribution in [0.25, 0.3) is 0 Å². The van der Waals surface area contributed by atoms with E-state index in [1.807, 2.05) is 31.2 Å². The Bertz CT molecular complexity index is 956. The third-order valence-electron chi connectivity index (χ3n) is 5.63. The summed E-state index contributed by atoms with van der Waals surface area (Å²) in [6.45, 7) is 8.47. The number of aryl methyl sites for hydroxylation is 1. The molecule has 1 saturated heterocycles. The summed E-state index contributed by atoms with van der Waals surface area (Å²) in [6, 6.07) is 24.0. The summed E-state index contributed by atoms with van der Waals surface area (Å²) in [5.41, 5.74) is 4.99. The van der Waals surface area contributed by atoms with Gasteiger partial charge in [0.15, 0.2) is 0 Å². The van der Waals surface area contributed by atoms with E-state index in [1.54, 1.807) is 12.1 Å². The fourth-order valence-corrected chi connectivity index (χ4v) is 4.23. The number of halogens is 1. The Balaban J connectivity index is 1.56. The Hall–Kier alpha value is -2.69. The van der Waals surface area contributed by atoms with Crippen LogP contribution in [0.2, 0.25) is 0 Å². The number of ether oxygens (including phenoxy) is 1. The normalized spacial score (nSPS) is 17.4. The van der Waals surface area contributed by atoms with Gasteiger partial charge in [-0.2, -0.15) is 0 Å². The van der Waals surface area contributed by atoms with Crippen molar-refractivity contribution in [2.75, 3.05) is 19.7 Å². The molecule has 4 rings (SSSR count). The van der Waals surface area contributed by atoms with Crippen LogP contribution in [0.4, 0.5) is 4.39 Å². The fourth-order valence-electron chi connectivity index (χ4n) is 4.23. The minimum Gasteiger partial charge on any atom is -0.494 e. The Kier molecular flexibility index (Phi) is 6.46. The molecule has 30 heavy (non-hydrogen) atoms. The second-order valence-corrected chi connectivity index (χ2v) is 7.93. The van der Waals surface area contributed by atoms with Gasteiger partial charge in [0.25, 0.3) is 0 Å². The van der Waals surface area contributed by atoms with Gasteiger partial charge in [0.05, 0.1) is 12.8 Å². The predicted octanol–water partition coefficient (Wildman–Crippen LogP) is 5.55. The fraction of sp³-hybridized carbons (Fsp3) is 0.308. The Labute approximate surface area is 178 Å². The van der Waals surface area contributed by atoms with Gasteiger partial charge in [0.2, 0.25) is 0 Å². The smallest absolute Gasteiger partial charge is 0.123 e. The number of rotatable bonds is 7. The van der Waals surface area contributed by atoms with E-state index in [1.165, 1.54) is 16.7 Å². The van der Waals surface area contributed by atoms with Gasteiger partial charge in [-0.1, -0.05) is 54.1 Å². The molecule has 0 aromatic heterocycles. The summed E-state index contributed by atoms with van der Waals surface area (Å²) in [5.74, 6) is 0.725. The van der Waals surface area contributed by atoms with Crippen LogP contribution in [0.15, 0.2) is 72.8 Å². The van der Waals surface area contributed by atoms with E-state index < -0.39 is 0 Å². The molecule has 0 saturated carbocycles. The van der Waals surface area contributed by atoms with Gasteiger partial charge in [-0.05, 0) is 54.8 Å². The first-order valence-electron chi connectivity index (χ1n) is 10.6. The van der Waals surface area contributed by atoms with Crippen molar-refractivity contribution in [3.05, 3.63) is 101 Å². The molecule has 1 atom stereocenters. The third kappa shape index (κ3) is 4.89. The molecule has 0 bridgehead atoms. The molecule has 3 aromatic carbocycles. The lowest BCUT2D eigenvalue weighted by Crippen LogP contribution is -2.30. The summed E-state index contributed by atoms with van der Waals surface area (Å²) in [4.78, 5) is 5.00. The highest BCUT2D eigenvalue weighted by atomic mass is 19.1. The van der Waals surface area contributed by atoms with Crippen molar-refractivity contribution in [1.82, 2.24) is 9.80 Å². The molecule has 1 aliphatic heterocycles. The van der Waals surface area contributed by atoms with Crippen molar-refractivity contribution in [3.8, 4) is 5.75 Å². The van der Waals surface area contributed by atoms with E-state index in [2.05, 4.69) is 53.1 Å². The van der Waals surface area contributed by atoms with Crippen molar-refractivity contribution in [3.63, 3.8) is 0 Å². The van der Waals surface area contributed by atoms with E-state index in [0.717, 1.165) is 37.5 Å². The van der Waals surface area contributed by atoms with E-state index in [-0.39, 0.29) is 12.0 Å². The first-order valence-corrected chi connectivity index (χ1v) is 10.6. The number of nitrogens with zero attached hydrogens (tertiary/aromatic N) is 2. The van der Waals surface area contributed by atoms with Crippen LogP contribution in [0, 0.1) is 12.7 Å². The maximum absolute atomic E-state index is 13.3. The van der Waals surface area contributed by atoms with Gasteiger partial charge in [0, 0.05) is 26.2 Å². The molecule has 0 aliphatic carbocycles. The number of hydrogen-bond donors (Lipinski definition) is 0. The molecule has 0 spiro atoms. The van der Waals surface area contributed by atoms with Crippen LogP contribution in [-0.2, 0) is 13.1 Å². The van der Waals surface area contributed by atoms with Crippen molar-refractivity contribution < 1.29 is 9.13 Å².